The van der Waals surface area contributed by atoms with Gasteiger partial charge in [0.15, 0.2) is 0 Å². The van der Waals surface area contributed by atoms with Gasteiger partial charge in [0.25, 0.3) is 5.56 Å². The van der Waals surface area contributed by atoms with Crippen LogP contribution in [0.2, 0.25) is 0 Å². The van der Waals surface area contributed by atoms with Crippen molar-refractivity contribution in [3.8, 4) is 0 Å². The van der Waals surface area contributed by atoms with Gasteiger partial charge in [-0.25, -0.2) is 4.98 Å². The van der Waals surface area contributed by atoms with E-state index in [0.29, 0.717) is 15.8 Å². The van der Waals surface area contributed by atoms with Crippen molar-refractivity contribution in [3.05, 3.63) is 38.6 Å². The average Bonchev–Trinajstić information content (AvgIpc) is 2.27. The highest BCUT2D eigenvalue weighted by molar-refractivity contribution is 14.1. The summed E-state index contributed by atoms with van der Waals surface area (Å²) in [5, 5.41) is 2.60. The number of carbonyl (C=O) groups is 1. The molecule has 1 aromatic heterocycles. The molecule has 5 nitrogen and oxygen atoms in total. The highest BCUT2D eigenvalue weighted by Crippen LogP contribution is 2.00. The van der Waals surface area contributed by atoms with Crippen molar-refractivity contribution in [2.75, 3.05) is 6.54 Å². The van der Waals surface area contributed by atoms with Gasteiger partial charge in [0.05, 0.1) is 15.6 Å². The van der Waals surface area contributed by atoms with Gasteiger partial charge < -0.3 is 5.32 Å². The van der Waals surface area contributed by atoms with E-state index >= 15 is 0 Å². The molecule has 0 aliphatic heterocycles. The molecule has 0 saturated carbocycles. The molecule has 1 heterocycles. The lowest BCUT2D eigenvalue weighted by Crippen LogP contribution is -2.33. The van der Waals surface area contributed by atoms with Crippen molar-refractivity contribution in [1.29, 1.82) is 0 Å². The van der Waals surface area contributed by atoms with Gasteiger partial charge in [0.1, 0.15) is 6.54 Å². The number of hydrogen-bond donors (Lipinski definition) is 1. The third-order valence-electron chi connectivity index (χ3n) is 1.91. The maximum Gasteiger partial charge on any atom is 0.267 e. The second kappa shape index (κ2) is 5.78. The smallest absolute Gasteiger partial charge is 0.267 e. The van der Waals surface area contributed by atoms with Crippen LogP contribution in [0.15, 0.2) is 23.8 Å². The lowest BCUT2D eigenvalue weighted by molar-refractivity contribution is -0.121. The van der Waals surface area contributed by atoms with Crippen molar-refractivity contribution in [3.63, 3.8) is 0 Å². The topological polar surface area (TPSA) is 64.0 Å². The molecule has 1 rings (SSSR count). The van der Waals surface area contributed by atoms with Crippen LogP contribution < -0.4 is 10.9 Å². The minimum atomic E-state index is -0.233. The van der Waals surface area contributed by atoms with Crippen LogP contribution >= 0.6 is 22.6 Å². The molecule has 86 valence electrons. The third kappa shape index (κ3) is 3.16. The Morgan fingerprint density at radius 2 is 2.44 bits per heavy atom. The van der Waals surface area contributed by atoms with E-state index in [1.807, 2.05) is 22.6 Å². The molecule has 0 unspecified atom stereocenters. The van der Waals surface area contributed by atoms with E-state index in [1.165, 1.54) is 10.9 Å². The second-order valence-electron chi connectivity index (χ2n) is 3.17. The van der Waals surface area contributed by atoms with Crippen LogP contribution in [0.1, 0.15) is 5.69 Å². The van der Waals surface area contributed by atoms with Crippen LogP contribution in [0, 0.1) is 10.5 Å². The summed E-state index contributed by atoms with van der Waals surface area (Å²) in [5.74, 6) is -0.233. The summed E-state index contributed by atoms with van der Waals surface area (Å²) in [7, 11) is 0. The van der Waals surface area contributed by atoms with Crippen LogP contribution in [0.3, 0.4) is 0 Å². The Labute approximate surface area is 107 Å². The highest BCUT2D eigenvalue weighted by atomic mass is 127. The maximum atomic E-state index is 11.7. The fraction of sp³-hybridized carbons (Fsp3) is 0.300. The van der Waals surface area contributed by atoms with Crippen LogP contribution in [-0.2, 0) is 11.3 Å². The number of halogens is 1. The Hall–Kier alpha value is -1.18. The van der Waals surface area contributed by atoms with Crippen molar-refractivity contribution in [2.45, 2.75) is 13.5 Å². The molecule has 0 aromatic carbocycles. The first-order valence-corrected chi connectivity index (χ1v) is 5.73. The van der Waals surface area contributed by atoms with E-state index in [4.69, 9.17) is 0 Å². The quantitative estimate of drug-likeness (QED) is 0.643. The fourth-order valence-corrected chi connectivity index (χ4v) is 1.50. The number of carbonyl (C=O) groups excluding carboxylic acids is 1. The summed E-state index contributed by atoms with van der Waals surface area (Å²) in [6, 6.07) is 0. The van der Waals surface area contributed by atoms with Crippen molar-refractivity contribution < 1.29 is 4.79 Å². The van der Waals surface area contributed by atoms with E-state index < -0.39 is 0 Å². The van der Waals surface area contributed by atoms with Crippen LogP contribution in [0.25, 0.3) is 0 Å². The molecule has 6 heteroatoms. The van der Waals surface area contributed by atoms with Gasteiger partial charge in [0.2, 0.25) is 5.91 Å². The van der Waals surface area contributed by atoms with Crippen LogP contribution in [-0.4, -0.2) is 22.0 Å². The van der Waals surface area contributed by atoms with E-state index in [9.17, 15) is 9.59 Å². The summed E-state index contributed by atoms with van der Waals surface area (Å²) in [6.45, 7) is 5.62. The summed E-state index contributed by atoms with van der Waals surface area (Å²) >= 11 is 1.93. The van der Waals surface area contributed by atoms with E-state index in [1.54, 1.807) is 13.0 Å². The molecular formula is C10H12IN3O2. The molecule has 1 aromatic rings. The van der Waals surface area contributed by atoms with Gasteiger partial charge in [-0.3, -0.25) is 14.2 Å². The molecule has 16 heavy (non-hydrogen) atoms. The Bertz CT molecular complexity index is 468. The van der Waals surface area contributed by atoms with Gasteiger partial charge in [0, 0.05) is 6.54 Å². The van der Waals surface area contributed by atoms with E-state index in [2.05, 4.69) is 16.9 Å². The average molecular weight is 333 g/mol. The van der Waals surface area contributed by atoms with Crippen LogP contribution in [0.4, 0.5) is 0 Å². The zero-order chi connectivity index (χ0) is 12.1. The van der Waals surface area contributed by atoms with Gasteiger partial charge >= 0.3 is 0 Å². The van der Waals surface area contributed by atoms with Gasteiger partial charge in [-0.05, 0) is 29.5 Å². The highest BCUT2D eigenvalue weighted by Gasteiger charge is 2.08. The Morgan fingerprint density at radius 3 is 3.06 bits per heavy atom. The summed E-state index contributed by atoms with van der Waals surface area (Å²) in [4.78, 5) is 27.1. The minimum Gasteiger partial charge on any atom is -0.351 e. The maximum absolute atomic E-state index is 11.7. The Kier molecular flexibility index (Phi) is 4.66. The number of amides is 1. The number of nitrogens with one attached hydrogen (secondary N) is 1. The predicted molar refractivity (Wildman–Crippen MR) is 69.2 cm³/mol. The molecule has 0 bridgehead atoms. The van der Waals surface area contributed by atoms with Gasteiger partial charge in [-0.1, -0.05) is 6.08 Å². The molecule has 0 saturated heterocycles. The minimum absolute atomic E-state index is 0.0179. The van der Waals surface area contributed by atoms with Crippen molar-refractivity contribution in [1.82, 2.24) is 14.9 Å². The first-order chi connectivity index (χ1) is 7.56. The lowest BCUT2D eigenvalue weighted by atomic mass is 10.4. The summed E-state index contributed by atoms with van der Waals surface area (Å²) in [6.07, 6.45) is 2.96. The molecule has 0 atom stereocenters. The normalized spacial score (nSPS) is 9.88. The molecular weight excluding hydrogens is 321 g/mol. The van der Waals surface area contributed by atoms with Gasteiger partial charge in [-0.2, -0.15) is 0 Å². The van der Waals surface area contributed by atoms with Gasteiger partial charge in [-0.15, -0.1) is 6.58 Å². The molecule has 0 radical (unpaired) electrons. The fourth-order valence-electron chi connectivity index (χ4n) is 1.06. The molecule has 0 fully saturated rings. The number of rotatable bonds is 4. The monoisotopic (exact) mass is 333 g/mol. The zero-order valence-electron chi connectivity index (χ0n) is 8.86. The number of aryl methyl sites for hydroxylation is 1. The summed E-state index contributed by atoms with van der Waals surface area (Å²) in [5.41, 5.74) is 0.482. The largest absolute Gasteiger partial charge is 0.351 e. The Balaban J connectivity index is 2.82. The number of nitrogens with zero attached hydrogens (tertiary/aromatic N) is 2. The van der Waals surface area contributed by atoms with E-state index in [-0.39, 0.29) is 18.0 Å². The number of hydrogen-bond acceptors (Lipinski definition) is 3. The molecule has 0 aliphatic carbocycles. The molecule has 0 spiro atoms. The predicted octanol–water partition coefficient (Wildman–Crippen LogP) is 0.459. The van der Waals surface area contributed by atoms with E-state index in [0.717, 1.165) is 0 Å². The third-order valence-corrected chi connectivity index (χ3v) is 3.16. The summed E-state index contributed by atoms with van der Waals surface area (Å²) < 4.78 is 1.82. The zero-order valence-corrected chi connectivity index (χ0v) is 11.0. The number of aromatic nitrogens is 2. The second-order valence-corrected chi connectivity index (χ2v) is 4.25. The van der Waals surface area contributed by atoms with Crippen molar-refractivity contribution in [2.24, 2.45) is 0 Å². The first kappa shape index (κ1) is 12.9. The Morgan fingerprint density at radius 1 is 1.75 bits per heavy atom. The molecule has 1 N–H and O–H groups in total. The standard InChI is InChI=1S/C10H12IN3O2/c1-3-4-12-8(15)5-14-6-13-7(2)9(11)10(14)16/h3,6H,1,4-5H2,2H3,(H,12,15). The SMILES string of the molecule is C=CCNC(=O)Cn1cnc(C)c(I)c1=O. The van der Waals surface area contributed by atoms with Crippen LogP contribution in [0.5, 0.6) is 0 Å². The first-order valence-electron chi connectivity index (χ1n) is 4.65. The molecule has 0 aliphatic rings. The molecule has 1 amide bonds. The lowest BCUT2D eigenvalue weighted by Gasteiger charge is -2.06. The van der Waals surface area contributed by atoms with Crippen molar-refractivity contribution >= 4 is 28.5 Å².